The van der Waals surface area contributed by atoms with Gasteiger partial charge in [0.1, 0.15) is 6.04 Å². The highest BCUT2D eigenvalue weighted by atomic mass is 35.5. The molecule has 0 aliphatic heterocycles. The maximum atomic E-state index is 13.4. The lowest BCUT2D eigenvalue weighted by molar-refractivity contribution is -0.146. The molecule has 1 aliphatic rings. The van der Waals surface area contributed by atoms with Crippen LogP contribution in [-0.2, 0) is 31.9 Å². The Kier molecular flexibility index (Phi) is 9.59. The number of pyridine rings is 1. The standard InChI is InChI=1S/C31H35ClN2O5/c1-38-17-16-31(14-6-7-15-31)30(37)34-26(29(36)39-2)19-22-10-12-23(13-11-22)27-24(25(32)20-33-28(27)35)18-21-8-4-3-5-9-21/h3-5,8-13,20,26H,6-7,14-19H2,1-2H3,(H,33,35)(H,34,37)/t26-/m0/s1. The quantitative estimate of drug-likeness (QED) is 0.324. The Morgan fingerprint density at radius 1 is 1.03 bits per heavy atom. The monoisotopic (exact) mass is 550 g/mol. The van der Waals surface area contributed by atoms with E-state index in [0.717, 1.165) is 47.9 Å². The molecule has 2 N–H and O–H groups in total. The van der Waals surface area contributed by atoms with E-state index in [1.807, 2.05) is 54.6 Å². The van der Waals surface area contributed by atoms with Crippen LogP contribution in [-0.4, -0.2) is 43.7 Å². The lowest BCUT2D eigenvalue weighted by atomic mass is 9.81. The Labute approximate surface area is 233 Å². The fourth-order valence-corrected chi connectivity index (χ4v) is 5.67. The van der Waals surface area contributed by atoms with E-state index in [-0.39, 0.29) is 17.9 Å². The summed E-state index contributed by atoms with van der Waals surface area (Å²) in [5.41, 5.74) is 3.11. The summed E-state index contributed by atoms with van der Waals surface area (Å²) in [7, 11) is 2.95. The lowest BCUT2D eigenvalue weighted by Crippen LogP contribution is -2.49. The summed E-state index contributed by atoms with van der Waals surface area (Å²) in [5.74, 6) is -0.621. The molecule has 39 heavy (non-hydrogen) atoms. The van der Waals surface area contributed by atoms with Gasteiger partial charge in [0.05, 0.1) is 23.1 Å². The topological polar surface area (TPSA) is 97.5 Å². The second kappa shape index (κ2) is 13.1. The average molecular weight is 551 g/mol. The van der Waals surface area contributed by atoms with Crippen molar-refractivity contribution in [3.05, 3.63) is 92.9 Å². The number of carbonyl (C=O) groups excluding carboxylic acids is 2. The van der Waals surface area contributed by atoms with Crippen molar-refractivity contribution in [3.8, 4) is 11.1 Å². The Morgan fingerprint density at radius 3 is 2.36 bits per heavy atom. The molecule has 0 unspecified atom stereocenters. The second-order valence-electron chi connectivity index (χ2n) is 10.2. The molecule has 1 aliphatic carbocycles. The number of halogens is 1. The highest BCUT2D eigenvalue weighted by Crippen LogP contribution is 2.41. The maximum Gasteiger partial charge on any atom is 0.328 e. The number of hydrogen-bond donors (Lipinski definition) is 2. The normalized spacial score (nSPS) is 15.1. The molecule has 0 radical (unpaired) electrons. The Bertz CT molecular complexity index is 1330. The second-order valence-corrected chi connectivity index (χ2v) is 10.6. The summed E-state index contributed by atoms with van der Waals surface area (Å²) in [6, 6.07) is 16.4. The molecule has 1 saturated carbocycles. The van der Waals surface area contributed by atoms with E-state index in [1.165, 1.54) is 13.3 Å². The van der Waals surface area contributed by atoms with Gasteiger partial charge in [-0.05, 0) is 47.9 Å². The number of hydrogen-bond acceptors (Lipinski definition) is 5. The van der Waals surface area contributed by atoms with E-state index >= 15 is 0 Å². The Hall–Kier alpha value is -3.42. The molecule has 3 aromatic rings. The summed E-state index contributed by atoms with van der Waals surface area (Å²) in [6.07, 6.45) is 6.45. The van der Waals surface area contributed by atoms with E-state index in [0.29, 0.717) is 30.0 Å². The molecular weight excluding hydrogens is 516 g/mol. The Balaban J connectivity index is 1.55. The third kappa shape index (κ3) is 6.78. The van der Waals surface area contributed by atoms with Crippen LogP contribution in [0.15, 0.2) is 65.6 Å². The lowest BCUT2D eigenvalue weighted by Gasteiger charge is -2.29. The third-order valence-corrected chi connectivity index (χ3v) is 8.01. The van der Waals surface area contributed by atoms with E-state index in [4.69, 9.17) is 21.1 Å². The van der Waals surface area contributed by atoms with Crippen LogP contribution in [0.1, 0.15) is 48.8 Å². The van der Waals surface area contributed by atoms with Crippen molar-refractivity contribution >= 4 is 23.5 Å². The van der Waals surface area contributed by atoms with Crippen molar-refractivity contribution in [2.24, 2.45) is 5.41 Å². The highest BCUT2D eigenvalue weighted by Gasteiger charge is 2.42. The van der Waals surface area contributed by atoms with Gasteiger partial charge in [0.25, 0.3) is 5.56 Å². The number of amides is 1. The van der Waals surface area contributed by atoms with E-state index in [2.05, 4.69) is 10.3 Å². The zero-order chi connectivity index (χ0) is 27.8. The van der Waals surface area contributed by atoms with Crippen molar-refractivity contribution in [1.29, 1.82) is 0 Å². The summed E-state index contributed by atoms with van der Waals surface area (Å²) in [6.45, 7) is 0.493. The number of H-pyrrole nitrogens is 1. The molecule has 1 atom stereocenters. The molecule has 0 spiro atoms. The molecule has 206 valence electrons. The van der Waals surface area contributed by atoms with Gasteiger partial charge in [-0.15, -0.1) is 0 Å². The molecule has 2 aromatic carbocycles. The number of ether oxygens (including phenoxy) is 2. The number of aromatic amines is 1. The first-order valence-electron chi connectivity index (χ1n) is 13.3. The predicted molar refractivity (Wildman–Crippen MR) is 152 cm³/mol. The van der Waals surface area contributed by atoms with Crippen LogP contribution in [0.4, 0.5) is 0 Å². The van der Waals surface area contributed by atoms with Gasteiger partial charge < -0.3 is 19.8 Å². The number of nitrogens with one attached hydrogen (secondary N) is 2. The minimum absolute atomic E-state index is 0.125. The number of rotatable bonds is 11. The molecule has 8 heteroatoms. The van der Waals surface area contributed by atoms with Gasteiger partial charge in [0, 0.05) is 26.3 Å². The molecule has 0 saturated heterocycles. The van der Waals surface area contributed by atoms with E-state index < -0.39 is 17.4 Å². The first kappa shape index (κ1) is 28.6. The van der Waals surface area contributed by atoms with E-state index in [9.17, 15) is 14.4 Å². The van der Waals surface area contributed by atoms with Crippen LogP contribution in [0.3, 0.4) is 0 Å². The molecule has 1 heterocycles. The zero-order valence-electron chi connectivity index (χ0n) is 22.4. The fourth-order valence-electron chi connectivity index (χ4n) is 5.45. The van der Waals surface area contributed by atoms with Crippen molar-refractivity contribution in [2.75, 3.05) is 20.8 Å². The van der Waals surface area contributed by atoms with Crippen molar-refractivity contribution in [1.82, 2.24) is 10.3 Å². The summed E-state index contributed by atoms with van der Waals surface area (Å²) in [5, 5.41) is 3.45. The predicted octanol–water partition coefficient (Wildman–Crippen LogP) is 5.08. The molecule has 1 fully saturated rings. The molecular formula is C31H35ClN2O5. The zero-order valence-corrected chi connectivity index (χ0v) is 23.2. The van der Waals surface area contributed by atoms with E-state index in [1.54, 1.807) is 7.11 Å². The van der Waals surface area contributed by atoms with Crippen molar-refractivity contribution in [2.45, 2.75) is 51.0 Å². The minimum atomic E-state index is -0.823. The van der Waals surface area contributed by atoms with Gasteiger partial charge in [-0.1, -0.05) is 79.0 Å². The smallest absolute Gasteiger partial charge is 0.328 e. The van der Waals surface area contributed by atoms with Gasteiger partial charge in [-0.2, -0.15) is 0 Å². The van der Waals surface area contributed by atoms with Gasteiger partial charge in [-0.25, -0.2) is 4.79 Å². The summed E-state index contributed by atoms with van der Waals surface area (Å²) < 4.78 is 10.3. The minimum Gasteiger partial charge on any atom is -0.467 e. The average Bonchev–Trinajstić information content (AvgIpc) is 3.44. The Morgan fingerprint density at radius 2 is 1.72 bits per heavy atom. The summed E-state index contributed by atoms with van der Waals surface area (Å²) in [4.78, 5) is 41.6. The van der Waals surface area contributed by atoms with Crippen LogP contribution in [0.5, 0.6) is 0 Å². The summed E-state index contributed by atoms with van der Waals surface area (Å²) >= 11 is 6.53. The molecule has 1 aromatic heterocycles. The fraction of sp³-hybridized carbons (Fsp3) is 0.387. The molecule has 0 bridgehead atoms. The van der Waals surface area contributed by atoms with Crippen molar-refractivity contribution in [3.63, 3.8) is 0 Å². The van der Waals surface area contributed by atoms with Gasteiger partial charge in [0.2, 0.25) is 5.91 Å². The number of benzene rings is 2. The van der Waals surface area contributed by atoms with Crippen LogP contribution >= 0.6 is 11.6 Å². The van der Waals surface area contributed by atoms with Gasteiger partial charge in [0.15, 0.2) is 0 Å². The number of carbonyl (C=O) groups is 2. The highest BCUT2D eigenvalue weighted by molar-refractivity contribution is 6.31. The number of aromatic nitrogens is 1. The van der Waals surface area contributed by atoms with Crippen LogP contribution < -0.4 is 10.9 Å². The molecule has 1 amide bonds. The van der Waals surface area contributed by atoms with Crippen LogP contribution in [0.25, 0.3) is 11.1 Å². The molecule has 4 rings (SSSR count). The van der Waals surface area contributed by atoms with Gasteiger partial charge >= 0.3 is 5.97 Å². The third-order valence-electron chi connectivity index (χ3n) is 7.67. The van der Waals surface area contributed by atoms with Crippen LogP contribution in [0, 0.1) is 5.41 Å². The van der Waals surface area contributed by atoms with Crippen molar-refractivity contribution < 1.29 is 19.1 Å². The van der Waals surface area contributed by atoms with Crippen LogP contribution in [0.2, 0.25) is 5.02 Å². The first-order chi connectivity index (χ1) is 18.9. The first-order valence-corrected chi connectivity index (χ1v) is 13.7. The number of methoxy groups -OCH3 is 2. The number of esters is 1. The largest absolute Gasteiger partial charge is 0.467 e. The van der Waals surface area contributed by atoms with Gasteiger partial charge in [-0.3, -0.25) is 9.59 Å². The maximum absolute atomic E-state index is 13.4. The molecule has 7 nitrogen and oxygen atoms in total. The SMILES string of the molecule is COCCC1(C(=O)N[C@@H](Cc2ccc(-c3c(Cc4ccccc4)c(Cl)c[nH]c3=O)cc2)C(=O)OC)CCCC1.